The van der Waals surface area contributed by atoms with Crippen molar-refractivity contribution in [3.05, 3.63) is 45.8 Å². The fraction of sp³-hybridized carbons (Fsp3) is 0.273. The summed E-state index contributed by atoms with van der Waals surface area (Å²) >= 11 is 0. The SMILES string of the molecule is O=C(c1ccco1)N1CCc2[nH][nH]c(=O)c2C1. The molecule has 2 aromatic heterocycles. The molecule has 0 aliphatic carbocycles. The zero-order chi connectivity index (χ0) is 11.8. The highest BCUT2D eigenvalue weighted by atomic mass is 16.3. The van der Waals surface area contributed by atoms with Crippen LogP contribution in [0, 0.1) is 0 Å². The molecule has 0 unspecified atom stereocenters. The number of aromatic amines is 2. The molecule has 6 nitrogen and oxygen atoms in total. The Morgan fingerprint density at radius 1 is 1.41 bits per heavy atom. The van der Waals surface area contributed by atoms with Crippen LogP contribution in [0.15, 0.2) is 27.6 Å². The Kier molecular flexibility index (Phi) is 2.14. The van der Waals surface area contributed by atoms with Gasteiger partial charge in [0.1, 0.15) is 0 Å². The predicted molar refractivity (Wildman–Crippen MR) is 58.6 cm³/mol. The summed E-state index contributed by atoms with van der Waals surface area (Å²) in [5, 5.41) is 5.35. The normalized spacial score (nSPS) is 14.7. The van der Waals surface area contributed by atoms with Crippen LogP contribution < -0.4 is 5.56 Å². The van der Waals surface area contributed by atoms with Crippen LogP contribution in [0.4, 0.5) is 0 Å². The molecule has 0 fully saturated rings. The van der Waals surface area contributed by atoms with Crippen molar-refractivity contribution in [1.82, 2.24) is 15.1 Å². The largest absolute Gasteiger partial charge is 0.459 e. The molecular formula is C11H11N3O3. The first-order chi connectivity index (χ1) is 8.25. The summed E-state index contributed by atoms with van der Waals surface area (Å²) in [6.07, 6.45) is 2.12. The van der Waals surface area contributed by atoms with Gasteiger partial charge in [0, 0.05) is 18.7 Å². The first-order valence-electron chi connectivity index (χ1n) is 5.37. The second kappa shape index (κ2) is 3.65. The maximum absolute atomic E-state index is 12.0. The monoisotopic (exact) mass is 233 g/mol. The molecular weight excluding hydrogens is 222 g/mol. The molecule has 3 rings (SSSR count). The minimum Gasteiger partial charge on any atom is -0.459 e. The number of fused-ring (bicyclic) bond motifs is 1. The van der Waals surface area contributed by atoms with E-state index in [0.29, 0.717) is 30.8 Å². The molecule has 0 spiro atoms. The van der Waals surface area contributed by atoms with Gasteiger partial charge in [-0.25, -0.2) is 0 Å². The lowest BCUT2D eigenvalue weighted by atomic mass is 10.1. The number of nitrogens with one attached hydrogen (secondary N) is 2. The van der Waals surface area contributed by atoms with Gasteiger partial charge in [0.2, 0.25) is 0 Å². The highest BCUT2D eigenvalue weighted by molar-refractivity contribution is 5.91. The zero-order valence-electron chi connectivity index (χ0n) is 9.03. The Bertz CT molecular complexity index is 594. The smallest absolute Gasteiger partial charge is 0.289 e. The Labute approximate surface area is 96.2 Å². The molecule has 0 saturated carbocycles. The molecule has 0 bridgehead atoms. The number of hydrogen-bond acceptors (Lipinski definition) is 3. The number of hydrogen-bond donors (Lipinski definition) is 2. The van der Waals surface area contributed by atoms with Crippen molar-refractivity contribution >= 4 is 5.91 Å². The first-order valence-corrected chi connectivity index (χ1v) is 5.37. The highest BCUT2D eigenvalue weighted by Crippen LogP contribution is 2.16. The summed E-state index contributed by atoms with van der Waals surface area (Å²) in [5.74, 6) is 0.127. The van der Waals surface area contributed by atoms with E-state index in [0.717, 1.165) is 5.69 Å². The second-order valence-electron chi connectivity index (χ2n) is 3.99. The van der Waals surface area contributed by atoms with Crippen LogP contribution in [-0.2, 0) is 13.0 Å². The molecule has 1 amide bonds. The molecule has 3 heterocycles. The Morgan fingerprint density at radius 3 is 3.06 bits per heavy atom. The van der Waals surface area contributed by atoms with Crippen molar-refractivity contribution in [2.45, 2.75) is 13.0 Å². The van der Waals surface area contributed by atoms with E-state index in [2.05, 4.69) is 10.2 Å². The van der Waals surface area contributed by atoms with E-state index < -0.39 is 0 Å². The minimum atomic E-state index is -0.179. The van der Waals surface area contributed by atoms with E-state index >= 15 is 0 Å². The molecule has 1 aliphatic rings. The Morgan fingerprint density at radius 2 is 2.29 bits per heavy atom. The maximum Gasteiger partial charge on any atom is 0.289 e. The van der Waals surface area contributed by atoms with Gasteiger partial charge in [-0.15, -0.1) is 0 Å². The lowest BCUT2D eigenvalue weighted by molar-refractivity contribution is 0.0701. The third-order valence-electron chi connectivity index (χ3n) is 2.97. The molecule has 0 aromatic carbocycles. The number of nitrogens with zero attached hydrogens (tertiary/aromatic N) is 1. The molecule has 1 aliphatic heterocycles. The van der Waals surface area contributed by atoms with E-state index in [4.69, 9.17) is 4.42 Å². The third kappa shape index (κ3) is 1.57. The average Bonchev–Trinajstić information content (AvgIpc) is 2.98. The standard InChI is InChI=1S/C11H11N3O3/c15-10-7-6-14(4-3-8(7)12-13-10)11(16)9-2-1-5-17-9/h1-2,5H,3-4,6H2,(H2,12,13,15). The van der Waals surface area contributed by atoms with Crippen LogP contribution in [0.3, 0.4) is 0 Å². The average molecular weight is 233 g/mol. The zero-order valence-corrected chi connectivity index (χ0v) is 9.03. The van der Waals surface area contributed by atoms with Gasteiger partial charge < -0.3 is 14.4 Å². The number of furan rings is 1. The molecule has 17 heavy (non-hydrogen) atoms. The van der Waals surface area contributed by atoms with Gasteiger partial charge in [0.25, 0.3) is 11.5 Å². The lowest BCUT2D eigenvalue weighted by Crippen LogP contribution is -2.37. The van der Waals surface area contributed by atoms with Gasteiger partial charge >= 0.3 is 0 Å². The first kappa shape index (κ1) is 9.95. The molecule has 0 radical (unpaired) electrons. The van der Waals surface area contributed by atoms with Crippen LogP contribution in [-0.4, -0.2) is 27.5 Å². The lowest BCUT2D eigenvalue weighted by Gasteiger charge is -2.25. The van der Waals surface area contributed by atoms with Gasteiger partial charge in [-0.05, 0) is 12.1 Å². The minimum absolute atomic E-state index is 0.156. The molecule has 2 N–H and O–H groups in total. The summed E-state index contributed by atoms with van der Waals surface area (Å²) in [5.41, 5.74) is 1.37. The van der Waals surface area contributed by atoms with Crippen LogP contribution in [0.1, 0.15) is 21.8 Å². The van der Waals surface area contributed by atoms with Crippen LogP contribution in [0.25, 0.3) is 0 Å². The van der Waals surface area contributed by atoms with Crippen molar-refractivity contribution in [3.8, 4) is 0 Å². The van der Waals surface area contributed by atoms with Crippen LogP contribution >= 0.6 is 0 Å². The van der Waals surface area contributed by atoms with E-state index in [-0.39, 0.29) is 11.5 Å². The highest BCUT2D eigenvalue weighted by Gasteiger charge is 2.25. The van der Waals surface area contributed by atoms with Gasteiger partial charge in [0.05, 0.1) is 18.4 Å². The van der Waals surface area contributed by atoms with Crippen molar-refractivity contribution < 1.29 is 9.21 Å². The van der Waals surface area contributed by atoms with Gasteiger partial charge in [0.15, 0.2) is 5.76 Å². The number of carbonyl (C=O) groups excluding carboxylic acids is 1. The predicted octanol–water partition coefficient (Wildman–Crippen LogP) is 0.495. The quantitative estimate of drug-likeness (QED) is 0.752. The molecule has 6 heteroatoms. The fourth-order valence-corrected chi connectivity index (χ4v) is 2.05. The van der Waals surface area contributed by atoms with Crippen molar-refractivity contribution in [1.29, 1.82) is 0 Å². The molecule has 0 atom stereocenters. The summed E-state index contributed by atoms with van der Waals surface area (Å²) in [7, 11) is 0. The molecule has 2 aromatic rings. The number of aromatic nitrogens is 2. The van der Waals surface area contributed by atoms with E-state index in [9.17, 15) is 9.59 Å². The Balaban J connectivity index is 1.87. The van der Waals surface area contributed by atoms with E-state index in [1.165, 1.54) is 6.26 Å². The van der Waals surface area contributed by atoms with Gasteiger partial charge in [-0.2, -0.15) is 0 Å². The van der Waals surface area contributed by atoms with Crippen molar-refractivity contribution in [3.63, 3.8) is 0 Å². The van der Waals surface area contributed by atoms with Gasteiger partial charge in [-0.1, -0.05) is 0 Å². The number of amides is 1. The van der Waals surface area contributed by atoms with Gasteiger partial charge in [-0.3, -0.25) is 14.7 Å². The number of H-pyrrole nitrogens is 2. The maximum atomic E-state index is 12.0. The fourth-order valence-electron chi connectivity index (χ4n) is 2.05. The second-order valence-corrected chi connectivity index (χ2v) is 3.99. The number of carbonyl (C=O) groups is 1. The van der Waals surface area contributed by atoms with Crippen LogP contribution in [0.2, 0.25) is 0 Å². The third-order valence-corrected chi connectivity index (χ3v) is 2.97. The summed E-state index contributed by atoms with van der Waals surface area (Å²) in [6.45, 7) is 0.911. The van der Waals surface area contributed by atoms with Crippen molar-refractivity contribution in [2.24, 2.45) is 0 Å². The molecule has 88 valence electrons. The summed E-state index contributed by atoms with van der Waals surface area (Å²) in [4.78, 5) is 25.1. The van der Waals surface area contributed by atoms with E-state index in [1.807, 2.05) is 0 Å². The van der Waals surface area contributed by atoms with E-state index in [1.54, 1.807) is 17.0 Å². The van der Waals surface area contributed by atoms with Crippen molar-refractivity contribution in [2.75, 3.05) is 6.54 Å². The Hall–Kier alpha value is -2.24. The molecule has 0 saturated heterocycles. The number of rotatable bonds is 1. The summed E-state index contributed by atoms with van der Waals surface area (Å²) < 4.78 is 5.06. The topological polar surface area (TPSA) is 82.1 Å². The van der Waals surface area contributed by atoms with Crippen LogP contribution in [0.5, 0.6) is 0 Å². The summed E-state index contributed by atoms with van der Waals surface area (Å²) in [6, 6.07) is 3.30.